The van der Waals surface area contributed by atoms with Crippen LogP contribution in [0.25, 0.3) is 0 Å². The molecule has 4 nitrogen and oxygen atoms in total. The van der Waals surface area contributed by atoms with E-state index in [2.05, 4.69) is 27.2 Å². The van der Waals surface area contributed by atoms with Gasteiger partial charge in [-0.05, 0) is 30.5 Å². The van der Waals surface area contributed by atoms with Gasteiger partial charge in [0.05, 0.1) is 6.54 Å². The summed E-state index contributed by atoms with van der Waals surface area (Å²) in [6.07, 6.45) is 2.38. The third-order valence-electron chi connectivity index (χ3n) is 4.24. The molecule has 1 saturated carbocycles. The SMILES string of the molecule is Clc1ccc([C@@H]2CSCCN2Cc2nnc(C3CC3)o2)cc1. The Kier molecular flexibility index (Phi) is 4.11. The normalized spacial score (nSPS) is 22.9. The Labute approximate surface area is 139 Å². The lowest BCUT2D eigenvalue weighted by Gasteiger charge is -2.34. The van der Waals surface area contributed by atoms with Gasteiger partial charge in [-0.3, -0.25) is 4.90 Å². The second-order valence-electron chi connectivity index (χ2n) is 5.92. The third kappa shape index (κ3) is 3.16. The molecule has 2 heterocycles. The summed E-state index contributed by atoms with van der Waals surface area (Å²) in [7, 11) is 0. The van der Waals surface area contributed by atoms with E-state index in [0.717, 1.165) is 41.4 Å². The van der Waals surface area contributed by atoms with Crippen LogP contribution < -0.4 is 0 Å². The van der Waals surface area contributed by atoms with E-state index in [1.165, 1.54) is 18.4 Å². The molecule has 6 heteroatoms. The van der Waals surface area contributed by atoms with Gasteiger partial charge < -0.3 is 4.42 Å². The van der Waals surface area contributed by atoms with E-state index in [9.17, 15) is 0 Å². The largest absolute Gasteiger partial charge is 0.424 e. The summed E-state index contributed by atoms with van der Waals surface area (Å²) in [6.45, 7) is 1.77. The van der Waals surface area contributed by atoms with E-state index < -0.39 is 0 Å². The topological polar surface area (TPSA) is 42.2 Å². The number of halogens is 1. The van der Waals surface area contributed by atoms with Gasteiger partial charge in [-0.2, -0.15) is 11.8 Å². The Balaban J connectivity index is 1.50. The van der Waals surface area contributed by atoms with E-state index in [-0.39, 0.29) is 0 Å². The van der Waals surface area contributed by atoms with Crippen LogP contribution in [0.2, 0.25) is 5.02 Å². The number of thioether (sulfide) groups is 1. The fourth-order valence-electron chi connectivity index (χ4n) is 2.82. The van der Waals surface area contributed by atoms with E-state index >= 15 is 0 Å². The molecule has 1 aliphatic heterocycles. The van der Waals surface area contributed by atoms with Gasteiger partial charge in [0.15, 0.2) is 0 Å². The molecule has 1 atom stereocenters. The maximum absolute atomic E-state index is 6.00. The van der Waals surface area contributed by atoms with Crippen LogP contribution in [0, 0.1) is 0 Å². The summed E-state index contributed by atoms with van der Waals surface area (Å²) in [5.41, 5.74) is 1.30. The van der Waals surface area contributed by atoms with Crippen LogP contribution in [0.4, 0.5) is 0 Å². The summed E-state index contributed by atoms with van der Waals surface area (Å²) in [5, 5.41) is 9.20. The molecule has 4 rings (SSSR count). The fraction of sp³-hybridized carbons (Fsp3) is 0.500. The van der Waals surface area contributed by atoms with Crippen LogP contribution in [0.5, 0.6) is 0 Å². The van der Waals surface area contributed by atoms with Crippen LogP contribution in [-0.2, 0) is 6.54 Å². The number of benzene rings is 1. The molecule has 1 aromatic heterocycles. The number of aromatic nitrogens is 2. The van der Waals surface area contributed by atoms with Gasteiger partial charge >= 0.3 is 0 Å². The van der Waals surface area contributed by atoms with Crippen LogP contribution in [0.3, 0.4) is 0 Å². The Morgan fingerprint density at radius 2 is 2.05 bits per heavy atom. The van der Waals surface area contributed by atoms with Gasteiger partial charge in [-0.25, -0.2) is 0 Å². The van der Waals surface area contributed by atoms with Gasteiger partial charge in [0, 0.05) is 35.0 Å². The highest BCUT2D eigenvalue weighted by atomic mass is 35.5. The van der Waals surface area contributed by atoms with Crippen molar-refractivity contribution in [2.75, 3.05) is 18.1 Å². The van der Waals surface area contributed by atoms with E-state index in [4.69, 9.17) is 16.0 Å². The molecule has 22 heavy (non-hydrogen) atoms. The van der Waals surface area contributed by atoms with Crippen molar-refractivity contribution >= 4 is 23.4 Å². The zero-order valence-electron chi connectivity index (χ0n) is 12.2. The lowest BCUT2D eigenvalue weighted by Crippen LogP contribution is -2.35. The molecule has 0 N–H and O–H groups in total. The highest BCUT2D eigenvalue weighted by molar-refractivity contribution is 7.99. The monoisotopic (exact) mass is 335 g/mol. The lowest BCUT2D eigenvalue weighted by molar-refractivity contribution is 0.190. The summed E-state index contributed by atoms with van der Waals surface area (Å²) in [6, 6.07) is 8.55. The molecule has 2 aliphatic rings. The van der Waals surface area contributed by atoms with Gasteiger partial charge in [0.25, 0.3) is 0 Å². The number of hydrogen-bond acceptors (Lipinski definition) is 5. The second-order valence-corrected chi connectivity index (χ2v) is 7.51. The van der Waals surface area contributed by atoms with Crippen molar-refractivity contribution in [3.05, 3.63) is 46.6 Å². The molecule has 0 amide bonds. The van der Waals surface area contributed by atoms with Crippen LogP contribution >= 0.6 is 23.4 Å². The first-order chi connectivity index (χ1) is 10.8. The predicted octanol–water partition coefficient (Wildman–Crippen LogP) is 3.89. The van der Waals surface area contributed by atoms with Crippen LogP contribution in [-0.4, -0.2) is 33.1 Å². The minimum atomic E-state index is 0.382. The van der Waals surface area contributed by atoms with Gasteiger partial charge in [0.2, 0.25) is 11.8 Å². The van der Waals surface area contributed by atoms with Crippen molar-refractivity contribution in [1.29, 1.82) is 0 Å². The number of nitrogens with zero attached hydrogens (tertiary/aromatic N) is 3. The average molecular weight is 336 g/mol. The van der Waals surface area contributed by atoms with Gasteiger partial charge in [-0.1, -0.05) is 23.7 Å². The van der Waals surface area contributed by atoms with Crippen molar-refractivity contribution in [2.45, 2.75) is 31.3 Å². The van der Waals surface area contributed by atoms with E-state index in [0.29, 0.717) is 12.0 Å². The summed E-state index contributed by atoms with van der Waals surface area (Å²) < 4.78 is 5.82. The molecule has 2 aromatic rings. The highest BCUT2D eigenvalue weighted by Crippen LogP contribution is 2.39. The zero-order chi connectivity index (χ0) is 14.9. The first-order valence-electron chi connectivity index (χ1n) is 7.69. The number of rotatable bonds is 4. The Morgan fingerprint density at radius 1 is 1.23 bits per heavy atom. The molecule has 2 fully saturated rings. The highest BCUT2D eigenvalue weighted by Gasteiger charge is 2.30. The average Bonchev–Trinajstić information content (AvgIpc) is 3.29. The van der Waals surface area contributed by atoms with Crippen molar-refractivity contribution in [1.82, 2.24) is 15.1 Å². The molecule has 1 aromatic carbocycles. The minimum Gasteiger partial charge on any atom is -0.424 e. The van der Waals surface area contributed by atoms with E-state index in [1.807, 2.05) is 23.9 Å². The smallest absolute Gasteiger partial charge is 0.230 e. The van der Waals surface area contributed by atoms with Gasteiger partial charge in [-0.15, -0.1) is 10.2 Å². The van der Waals surface area contributed by atoms with Crippen molar-refractivity contribution in [2.24, 2.45) is 0 Å². The van der Waals surface area contributed by atoms with Crippen molar-refractivity contribution in [3.8, 4) is 0 Å². The predicted molar refractivity (Wildman–Crippen MR) is 88.2 cm³/mol. The van der Waals surface area contributed by atoms with Crippen molar-refractivity contribution < 1.29 is 4.42 Å². The second kappa shape index (κ2) is 6.22. The zero-order valence-corrected chi connectivity index (χ0v) is 13.8. The fourth-order valence-corrected chi connectivity index (χ4v) is 4.10. The quantitative estimate of drug-likeness (QED) is 0.848. The number of hydrogen-bond donors (Lipinski definition) is 0. The maximum Gasteiger partial charge on any atom is 0.230 e. The summed E-state index contributed by atoms with van der Waals surface area (Å²) in [4.78, 5) is 2.43. The molecule has 0 spiro atoms. The van der Waals surface area contributed by atoms with E-state index in [1.54, 1.807) is 0 Å². The Hall–Kier alpha value is -1.04. The summed E-state index contributed by atoms with van der Waals surface area (Å²) >= 11 is 8.00. The molecule has 1 saturated heterocycles. The van der Waals surface area contributed by atoms with Crippen LogP contribution in [0.15, 0.2) is 28.7 Å². The molecular formula is C16H18ClN3OS. The summed E-state index contributed by atoms with van der Waals surface area (Å²) in [5.74, 6) is 4.32. The molecule has 1 aliphatic carbocycles. The molecule has 0 bridgehead atoms. The first kappa shape index (κ1) is 14.5. The molecule has 116 valence electrons. The lowest BCUT2D eigenvalue weighted by atomic mass is 10.1. The maximum atomic E-state index is 6.00. The minimum absolute atomic E-state index is 0.382. The van der Waals surface area contributed by atoms with Crippen molar-refractivity contribution in [3.63, 3.8) is 0 Å². The van der Waals surface area contributed by atoms with Crippen LogP contribution in [0.1, 0.15) is 42.1 Å². The van der Waals surface area contributed by atoms with Gasteiger partial charge in [0.1, 0.15) is 0 Å². The third-order valence-corrected chi connectivity index (χ3v) is 5.52. The molecule has 0 radical (unpaired) electrons. The Bertz CT molecular complexity index is 641. The Morgan fingerprint density at radius 3 is 2.82 bits per heavy atom. The molecular weight excluding hydrogens is 318 g/mol. The molecule has 0 unspecified atom stereocenters. The standard InChI is InChI=1S/C16H18ClN3OS/c17-13-5-3-11(4-6-13)14-10-22-8-7-20(14)9-15-18-19-16(21-15)12-1-2-12/h3-6,12,14H,1-2,7-10H2/t14-/m0/s1. The first-order valence-corrected chi connectivity index (χ1v) is 9.22.